The average Bonchev–Trinajstić information content (AvgIpc) is 2.52. The maximum absolute atomic E-state index is 11.8. The first-order chi connectivity index (χ1) is 10.6. The van der Waals surface area contributed by atoms with E-state index in [2.05, 4.69) is 17.6 Å². The number of nitrogens with one attached hydrogen (secondary N) is 2. The van der Waals surface area contributed by atoms with Gasteiger partial charge in [0, 0.05) is 18.8 Å². The largest absolute Gasteiger partial charge is 0.396 e. The highest BCUT2D eigenvalue weighted by Crippen LogP contribution is 2.11. The standard InChI is InChI=1S/C17H26N2O3/c1-3-4-5-14-6-8-15(9-7-14)19-17(22)16(21)18-12-13(2)10-11-20/h6-9,13,20H,3-5,10-12H2,1-2H3,(H,18,21)(H,19,22). The topological polar surface area (TPSA) is 78.4 Å². The summed E-state index contributed by atoms with van der Waals surface area (Å²) in [5.74, 6) is -1.18. The smallest absolute Gasteiger partial charge is 0.313 e. The molecule has 0 bridgehead atoms. The van der Waals surface area contributed by atoms with Crippen LogP contribution in [0.4, 0.5) is 5.69 Å². The second-order valence-electron chi connectivity index (χ2n) is 5.58. The van der Waals surface area contributed by atoms with Gasteiger partial charge in [-0.05, 0) is 42.9 Å². The van der Waals surface area contributed by atoms with Gasteiger partial charge in [0.05, 0.1) is 0 Å². The van der Waals surface area contributed by atoms with Crippen molar-refractivity contribution in [2.24, 2.45) is 5.92 Å². The summed E-state index contributed by atoms with van der Waals surface area (Å²) in [7, 11) is 0. The van der Waals surface area contributed by atoms with Crippen molar-refractivity contribution in [3.8, 4) is 0 Å². The molecule has 5 nitrogen and oxygen atoms in total. The number of anilines is 1. The summed E-state index contributed by atoms with van der Waals surface area (Å²) in [6.07, 6.45) is 3.91. The predicted octanol–water partition coefficient (Wildman–Crippen LogP) is 2.10. The summed E-state index contributed by atoms with van der Waals surface area (Å²) in [6.45, 7) is 4.51. The van der Waals surface area contributed by atoms with Crippen LogP contribution in [0.5, 0.6) is 0 Å². The summed E-state index contributed by atoms with van der Waals surface area (Å²) < 4.78 is 0. The Kier molecular flexibility index (Phi) is 8.22. The third kappa shape index (κ3) is 6.72. The molecule has 0 aliphatic rings. The number of hydrogen-bond acceptors (Lipinski definition) is 3. The van der Waals surface area contributed by atoms with Crippen LogP contribution in [-0.4, -0.2) is 30.1 Å². The number of carbonyl (C=O) groups is 2. The van der Waals surface area contributed by atoms with E-state index < -0.39 is 11.8 Å². The van der Waals surface area contributed by atoms with Crippen LogP contribution in [0.2, 0.25) is 0 Å². The maximum Gasteiger partial charge on any atom is 0.313 e. The van der Waals surface area contributed by atoms with Crippen molar-refractivity contribution in [3.05, 3.63) is 29.8 Å². The van der Waals surface area contributed by atoms with Gasteiger partial charge in [0.2, 0.25) is 0 Å². The first kappa shape index (κ1) is 18.2. The Morgan fingerprint density at radius 1 is 1.18 bits per heavy atom. The molecule has 122 valence electrons. The molecule has 2 amide bonds. The van der Waals surface area contributed by atoms with E-state index in [1.807, 2.05) is 31.2 Å². The van der Waals surface area contributed by atoms with Gasteiger partial charge < -0.3 is 15.7 Å². The number of aliphatic hydroxyl groups excluding tert-OH is 1. The first-order valence-corrected chi connectivity index (χ1v) is 7.85. The van der Waals surface area contributed by atoms with Crippen LogP contribution in [0.25, 0.3) is 0 Å². The van der Waals surface area contributed by atoms with E-state index in [0.717, 1.165) is 19.3 Å². The summed E-state index contributed by atoms with van der Waals surface area (Å²) in [6, 6.07) is 7.55. The zero-order valence-corrected chi connectivity index (χ0v) is 13.4. The van der Waals surface area contributed by atoms with E-state index in [1.54, 1.807) is 0 Å². The number of carbonyl (C=O) groups excluding carboxylic acids is 2. The van der Waals surface area contributed by atoms with Gasteiger partial charge in [0.1, 0.15) is 0 Å². The van der Waals surface area contributed by atoms with Gasteiger partial charge in [-0.1, -0.05) is 32.4 Å². The quantitative estimate of drug-likeness (QED) is 0.644. The van der Waals surface area contributed by atoms with Gasteiger partial charge in [0.25, 0.3) is 0 Å². The van der Waals surface area contributed by atoms with Gasteiger partial charge in [-0.25, -0.2) is 0 Å². The van der Waals surface area contributed by atoms with Crippen molar-refractivity contribution >= 4 is 17.5 Å². The molecule has 22 heavy (non-hydrogen) atoms. The second-order valence-corrected chi connectivity index (χ2v) is 5.58. The van der Waals surface area contributed by atoms with Crippen LogP contribution in [-0.2, 0) is 16.0 Å². The number of rotatable bonds is 8. The zero-order valence-electron chi connectivity index (χ0n) is 13.4. The molecule has 0 radical (unpaired) electrons. The van der Waals surface area contributed by atoms with Gasteiger partial charge in [0.15, 0.2) is 0 Å². The normalized spacial score (nSPS) is 11.8. The number of hydrogen-bond donors (Lipinski definition) is 3. The van der Waals surface area contributed by atoms with Crippen molar-refractivity contribution in [3.63, 3.8) is 0 Å². The van der Waals surface area contributed by atoms with E-state index in [9.17, 15) is 9.59 Å². The van der Waals surface area contributed by atoms with Crippen molar-refractivity contribution in [2.45, 2.75) is 39.5 Å². The van der Waals surface area contributed by atoms with Gasteiger partial charge in [-0.2, -0.15) is 0 Å². The fourth-order valence-corrected chi connectivity index (χ4v) is 1.99. The van der Waals surface area contributed by atoms with Gasteiger partial charge in [-0.15, -0.1) is 0 Å². The second kappa shape index (κ2) is 9.95. The molecule has 1 unspecified atom stereocenters. The van der Waals surface area contributed by atoms with Gasteiger partial charge in [-0.3, -0.25) is 9.59 Å². The molecule has 1 rings (SSSR count). The molecule has 0 aliphatic heterocycles. The number of aryl methyl sites for hydroxylation is 1. The van der Waals surface area contributed by atoms with Crippen molar-refractivity contribution in [1.29, 1.82) is 0 Å². The lowest BCUT2D eigenvalue weighted by molar-refractivity contribution is -0.136. The summed E-state index contributed by atoms with van der Waals surface area (Å²) >= 11 is 0. The third-order valence-corrected chi connectivity index (χ3v) is 3.47. The fourth-order valence-electron chi connectivity index (χ4n) is 1.99. The van der Waals surface area contributed by atoms with Gasteiger partial charge >= 0.3 is 11.8 Å². The van der Waals surface area contributed by atoms with E-state index in [4.69, 9.17) is 5.11 Å². The molecule has 1 atom stereocenters. The molecule has 3 N–H and O–H groups in total. The molecule has 0 heterocycles. The molecule has 0 saturated heterocycles. The molecule has 0 fully saturated rings. The minimum absolute atomic E-state index is 0.0770. The Morgan fingerprint density at radius 2 is 1.86 bits per heavy atom. The highest BCUT2D eigenvalue weighted by Gasteiger charge is 2.14. The van der Waals surface area contributed by atoms with E-state index in [0.29, 0.717) is 18.7 Å². The van der Waals surface area contributed by atoms with E-state index in [1.165, 1.54) is 5.56 Å². The minimum Gasteiger partial charge on any atom is -0.396 e. The monoisotopic (exact) mass is 306 g/mol. The summed E-state index contributed by atoms with van der Waals surface area (Å²) in [5.41, 5.74) is 1.84. The number of aliphatic hydroxyl groups is 1. The Labute approximate surface area is 132 Å². The lowest BCUT2D eigenvalue weighted by Gasteiger charge is -2.11. The Morgan fingerprint density at radius 3 is 2.45 bits per heavy atom. The lowest BCUT2D eigenvalue weighted by atomic mass is 10.1. The zero-order chi connectivity index (χ0) is 16.4. The fraction of sp³-hybridized carbons (Fsp3) is 0.529. The molecular formula is C17H26N2O3. The number of benzene rings is 1. The van der Waals surface area contributed by atoms with Crippen LogP contribution in [0.3, 0.4) is 0 Å². The van der Waals surface area contributed by atoms with Crippen molar-refractivity contribution in [2.75, 3.05) is 18.5 Å². The average molecular weight is 306 g/mol. The van der Waals surface area contributed by atoms with Crippen LogP contribution < -0.4 is 10.6 Å². The maximum atomic E-state index is 11.8. The van der Waals surface area contributed by atoms with E-state index in [-0.39, 0.29) is 12.5 Å². The van der Waals surface area contributed by atoms with Crippen LogP contribution in [0, 0.1) is 5.92 Å². The lowest BCUT2D eigenvalue weighted by Crippen LogP contribution is -2.37. The van der Waals surface area contributed by atoms with E-state index >= 15 is 0 Å². The van der Waals surface area contributed by atoms with Crippen LogP contribution >= 0.6 is 0 Å². The number of amides is 2. The molecule has 0 aromatic heterocycles. The van der Waals surface area contributed by atoms with Crippen molar-refractivity contribution < 1.29 is 14.7 Å². The molecular weight excluding hydrogens is 280 g/mol. The Hall–Kier alpha value is -1.88. The highest BCUT2D eigenvalue weighted by atomic mass is 16.3. The highest BCUT2D eigenvalue weighted by molar-refractivity contribution is 6.39. The molecule has 0 aliphatic carbocycles. The summed E-state index contributed by atoms with van der Waals surface area (Å²) in [5, 5.41) is 13.9. The molecule has 5 heteroatoms. The molecule has 0 spiro atoms. The molecule has 1 aromatic rings. The first-order valence-electron chi connectivity index (χ1n) is 7.85. The van der Waals surface area contributed by atoms with Crippen LogP contribution in [0.15, 0.2) is 24.3 Å². The molecule has 1 aromatic carbocycles. The van der Waals surface area contributed by atoms with Crippen LogP contribution in [0.1, 0.15) is 38.7 Å². The van der Waals surface area contributed by atoms with Crippen molar-refractivity contribution in [1.82, 2.24) is 5.32 Å². The molecule has 0 saturated carbocycles. The Balaban J connectivity index is 2.41. The minimum atomic E-state index is -0.669. The summed E-state index contributed by atoms with van der Waals surface area (Å²) in [4.78, 5) is 23.4. The Bertz CT molecular complexity index is 471. The SMILES string of the molecule is CCCCc1ccc(NC(=O)C(=O)NCC(C)CCO)cc1. The third-order valence-electron chi connectivity index (χ3n) is 3.47. The number of unbranched alkanes of at least 4 members (excludes halogenated alkanes) is 1. The predicted molar refractivity (Wildman–Crippen MR) is 87.6 cm³/mol.